The lowest BCUT2D eigenvalue weighted by Crippen LogP contribution is -2.49. The number of amides is 1. The summed E-state index contributed by atoms with van der Waals surface area (Å²) in [6.45, 7) is 2.25. The molecular weight excluding hydrogens is 349 g/mol. The Labute approximate surface area is 156 Å². The molecule has 27 heavy (non-hydrogen) atoms. The van der Waals surface area contributed by atoms with E-state index in [0.717, 1.165) is 12.0 Å². The Morgan fingerprint density at radius 2 is 1.70 bits per heavy atom. The van der Waals surface area contributed by atoms with E-state index >= 15 is 0 Å². The minimum absolute atomic E-state index is 0.0342. The van der Waals surface area contributed by atoms with Gasteiger partial charge in [-0.25, -0.2) is 4.39 Å². The van der Waals surface area contributed by atoms with E-state index in [0.29, 0.717) is 31.9 Å². The van der Waals surface area contributed by atoms with Crippen molar-refractivity contribution < 1.29 is 14.1 Å². The number of anilines is 1. The molecule has 1 saturated carbocycles. The standard InChI is InChI=1S/C20H20FN3O3/c21-15-7-5-14(6-8-15)16-13-17(16)20(25)23-11-9-22(10-12-23)18-3-1-2-4-19(18)24(26)27/h1-8,16-17H,9-13H2. The van der Waals surface area contributed by atoms with Crippen LogP contribution in [0.25, 0.3) is 0 Å². The molecule has 1 saturated heterocycles. The first-order chi connectivity index (χ1) is 13.0. The summed E-state index contributed by atoms with van der Waals surface area (Å²) in [5.74, 6) is -0.000599. The number of rotatable bonds is 4. The van der Waals surface area contributed by atoms with Gasteiger partial charge in [0.1, 0.15) is 11.5 Å². The topological polar surface area (TPSA) is 66.7 Å². The van der Waals surface area contributed by atoms with Crippen LogP contribution in [0, 0.1) is 21.8 Å². The molecule has 2 atom stereocenters. The summed E-state index contributed by atoms with van der Waals surface area (Å²) in [6, 6.07) is 13.1. The molecule has 0 spiro atoms. The normalized spacial score (nSPS) is 21.8. The van der Waals surface area contributed by atoms with E-state index in [2.05, 4.69) is 0 Å². The number of nitro benzene ring substituents is 1. The van der Waals surface area contributed by atoms with Crippen LogP contribution in [0.5, 0.6) is 0 Å². The number of para-hydroxylation sites is 2. The summed E-state index contributed by atoms with van der Waals surface area (Å²) in [6.07, 6.45) is 0.800. The fourth-order valence-corrected chi connectivity index (χ4v) is 3.83. The van der Waals surface area contributed by atoms with Gasteiger partial charge in [-0.1, -0.05) is 24.3 Å². The summed E-state index contributed by atoms with van der Waals surface area (Å²) < 4.78 is 13.1. The smallest absolute Gasteiger partial charge is 0.292 e. The van der Waals surface area contributed by atoms with Crippen LogP contribution in [-0.2, 0) is 4.79 Å². The Kier molecular flexibility index (Phi) is 4.51. The second-order valence-electron chi connectivity index (χ2n) is 7.06. The lowest BCUT2D eigenvalue weighted by Gasteiger charge is -2.36. The molecule has 2 aromatic carbocycles. The Morgan fingerprint density at radius 3 is 2.37 bits per heavy atom. The molecule has 1 amide bonds. The average molecular weight is 369 g/mol. The van der Waals surface area contributed by atoms with Crippen LogP contribution in [-0.4, -0.2) is 41.9 Å². The van der Waals surface area contributed by atoms with E-state index < -0.39 is 0 Å². The van der Waals surface area contributed by atoms with Crippen molar-refractivity contribution in [2.75, 3.05) is 31.1 Å². The molecule has 1 aliphatic carbocycles. The second-order valence-corrected chi connectivity index (χ2v) is 7.06. The maximum Gasteiger partial charge on any atom is 0.292 e. The molecule has 6 nitrogen and oxygen atoms in total. The maximum atomic E-state index is 13.1. The Morgan fingerprint density at radius 1 is 1.04 bits per heavy atom. The van der Waals surface area contributed by atoms with Gasteiger partial charge in [0.2, 0.25) is 5.91 Å². The number of benzene rings is 2. The van der Waals surface area contributed by atoms with E-state index in [1.807, 2.05) is 9.80 Å². The molecule has 2 aromatic rings. The number of nitrogens with zero attached hydrogens (tertiary/aromatic N) is 3. The fraction of sp³-hybridized carbons (Fsp3) is 0.350. The summed E-state index contributed by atoms with van der Waals surface area (Å²) in [4.78, 5) is 27.4. The van der Waals surface area contributed by atoms with Gasteiger partial charge in [0, 0.05) is 38.2 Å². The minimum Gasteiger partial charge on any atom is -0.362 e. The van der Waals surface area contributed by atoms with Crippen molar-refractivity contribution in [1.82, 2.24) is 4.90 Å². The second kappa shape index (κ2) is 6.98. The van der Waals surface area contributed by atoms with Crippen LogP contribution in [0.4, 0.5) is 15.8 Å². The monoisotopic (exact) mass is 369 g/mol. The first-order valence-electron chi connectivity index (χ1n) is 9.07. The quantitative estimate of drug-likeness (QED) is 0.613. The molecule has 0 aromatic heterocycles. The molecule has 7 heteroatoms. The van der Waals surface area contributed by atoms with E-state index in [1.54, 1.807) is 30.3 Å². The van der Waals surface area contributed by atoms with E-state index in [-0.39, 0.29) is 34.2 Å². The zero-order valence-electron chi connectivity index (χ0n) is 14.8. The van der Waals surface area contributed by atoms with Gasteiger partial charge in [-0.15, -0.1) is 0 Å². The van der Waals surface area contributed by atoms with Gasteiger partial charge in [0.15, 0.2) is 0 Å². The first kappa shape index (κ1) is 17.5. The molecule has 2 aliphatic rings. The highest BCUT2D eigenvalue weighted by atomic mass is 19.1. The summed E-state index contributed by atoms with van der Waals surface area (Å²) in [5, 5.41) is 11.2. The van der Waals surface area contributed by atoms with Gasteiger partial charge in [-0.2, -0.15) is 0 Å². The Bertz CT molecular complexity index is 863. The van der Waals surface area contributed by atoms with Gasteiger partial charge in [-0.05, 0) is 36.1 Å². The van der Waals surface area contributed by atoms with Crippen LogP contribution < -0.4 is 4.90 Å². The molecular formula is C20H20FN3O3. The average Bonchev–Trinajstić information content (AvgIpc) is 3.49. The third-order valence-electron chi connectivity index (χ3n) is 5.42. The van der Waals surface area contributed by atoms with Crippen LogP contribution in [0.3, 0.4) is 0 Å². The van der Waals surface area contributed by atoms with Crippen molar-refractivity contribution in [3.8, 4) is 0 Å². The van der Waals surface area contributed by atoms with Crippen LogP contribution >= 0.6 is 0 Å². The van der Waals surface area contributed by atoms with Gasteiger partial charge >= 0.3 is 0 Å². The third kappa shape index (κ3) is 3.49. The molecule has 1 aliphatic heterocycles. The number of hydrogen-bond acceptors (Lipinski definition) is 4. The number of halogens is 1. The molecule has 0 N–H and O–H groups in total. The van der Waals surface area contributed by atoms with Crippen LogP contribution in [0.15, 0.2) is 48.5 Å². The maximum absolute atomic E-state index is 13.1. The largest absolute Gasteiger partial charge is 0.362 e. The number of carbonyl (C=O) groups excluding carboxylic acids is 1. The minimum atomic E-state index is -0.371. The van der Waals surface area contributed by atoms with Gasteiger partial charge in [-0.3, -0.25) is 14.9 Å². The highest BCUT2D eigenvalue weighted by Crippen LogP contribution is 2.48. The number of carbonyl (C=O) groups is 1. The third-order valence-corrected chi connectivity index (χ3v) is 5.42. The summed E-state index contributed by atoms with van der Waals surface area (Å²) in [7, 11) is 0. The van der Waals surface area contributed by atoms with Crippen molar-refractivity contribution in [1.29, 1.82) is 0 Å². The van der Waals surface area contributed by atoms with E-state index in [1.165, 1.54) is 18.2 Å². The number of piperazine rings is 1. The van der Waals surface area contributed by atoms with Crippen LogP contribution in [0.2, 0.25) is 0 Å². The highest BCUT2D eigenvalue weighted by Gasteiger charge is 2.46. The lowest BCUT2D eigenvalue weighted by molar-refractivity contribution is -0.384. The molecule has 0 bridgehead atoms. The van der Waals surface area contributed by atoms with Crippen LogP contribution in [0.1, 0.15) is 17.9 Å². The van der Waals surface area contributed by atoms with Crippen molar-refractivity contribution in [2.24, 2.45) is 5.92 Å². The number of hydrogen-bond donors (Lipinski definition) is 0. The summed E-state index contributed by atoms with van der Waals surface area (Å²) >= 11 is 0. The molecule has 4 rings (SSSR count). The molecule has 1 heterocycles. The molecule has 2 unspecified atom stereocenters. The van der Waals surface area contributed by atoms with Crippen molar-refractivity contribution >= 4 is 17.3 Å². The predicted octanol–water partition coefficient (Wildman–Crippen LogP) is 3.19. The predicted molar refractivity (Wildman–Crippen MR) is 99.1 cm³/mol. The van der Waals surface area contributed by atoms with Crippen molar-refractivity contribution in [3.63, 3.8) is 0 Å². The Hall–Kier alpha value is -2.96. The Balaban J connectivity index is 1.37. The van der Waals surface area contributed by atoms with Gasteiger partial charge in [0.25, 0.3) is 5.69 Å². The summed E-state index contributed by atoms with van der Waals surface area (Å²) in [5.41, 5.74) is 1.70. The first-order valence-corrected chi connectivity index (χ1v) is 9.07. The van der Waals surface area contributed by atoms with Crippen molar-refractivity contribution in [2.45, 2.75) is 12.3 Å². The van der Waals surface area contributed by atoms with Gasteiger partial charge in [0.05, 0.1) is 4.92 Å². The SMILES string of the molecule is O=C(C1CC1c1ccc(F)cc1)N1CCN(c2ccccc2[N+](=O)[O-])CC1. The zero-order chi connectivity index (χ0) is 19.0. The van der Waals surface area contributed by atoms with Crippen molar-refractivity contribution in [3.05, 3.63) is 70.0 Å². The van der Waals surface area contributed by atoms with Gasteiger partial charge < -0.3 is 9.80 Å². The van der Waals surface area contributed by atoms with E-state index in [4.69, 9.17) is 0 Å². The zero-order valence-corrected chi connectivity index (χ0v) is 14.8. The highest BCUT2D eigenvalue weighted by molar-refractivity contribution is 5.83. The number of nitro groups is 1. The molecule has 0 radical (unpaired) electrons. The molecule has 140 valence electrons. The van der Waals surface area contributed by atoms with E-state index in [9.17, 15) is 19.3 Å². The fourth-order valence-electron chi connectivity index (χ4n) is 3.83. The molecule has 2 fully saturated rings. The lowest BCUT2D eigenvalue weighted by atomic mass is 10.1.